The van der Waals surface area contributed by atoms with Crippen molar-refractivity contribution in [3.63, 3.8) is 0 Å². The van der Waals surface area contributed by atoms with E-state index in [-0.39, 0.29) is 38.7 Å². The van der Waals surface area contributed by atoms with E-state index in [2.05, 4.69) is 0 Å². The Balaban J connectivity index is -0.00000000500. The van der Waals surface area contributed by atoms with Crippen molar-refractivity contribution in [2.24, 2.45) is 0 Å². The molecule has 0 aliphatic rings. The summed E-state index contributed by atoms with van der Waals surface area (Å²) < 4.78 is 0. The Kier molecular flexibility index (Phi) is 1560. The molecule has 3 N–H and O–H groups in total. The molecule has 0 aliphatic carbocycles. The molecule has 0 rings (SSSR count). The van der Waals surface area contributed by atoms with Gasteiger partial charge in [-0.2, -0.15) is 0 Å². The summed E-state index contributed by atoms with van der Waals surface area (Å²) in [5.41, 5.74) is 0. The van der Waals surface area contributed by atoms with Gasteiger partial charge in [-0.15, -0.1) is 17.0 Å². The van der Waals surface area contributed by atoms with Crippen LogP contribution in [0.2, 0.25) is 0 Å². The normalized spacial score (nSPS) is 2.25. The number of aliphatic hydroxyl groups is 3. The monoisotopic (exact) mass is 224 g/mol. The Labute approximate surface area is 75.4 Å². The van der Waals surface area contributed by atoms with Crippen LogP contribution < -0.4 is 0 Å². The van der Waals surface area contributed by atoms with E-state index in [4.69, 9.17) is 15.3 Å². The molecule has 0 unspecified atom stereocenters. The minimum absolute atomic E-state index is 0. The zero-order valence-electron chi connectivity index (χ0n) is 5.25. The first kappa shape index (κ1) is 35.6. The molecule has 0 saturated carbocycles. The first-order valence-electron chi connectivity index (χ1n) is 1.34. The van der Waals surface area contributed by atoms with Gasteiger partial charge in [0.05, 0.1) is 0 Å². The Morgan fingerprint density at radius 3 is 0.625 bits per heavy atom. The molecule has 0 atom stereocenters. The molecule has 0 saturated heterocycles. The maximum atomic E-state index is 7.00. The van der Waals surface area contributed by atoms with Crippen molar-refractivity contribution in [3.8, 4) is 0 Å². The Morgan fingerprint density at radius 2 is 0.625 bits per heavy atom. The molecule has 0 amide bonds. The summed E-state index contributed by atoms with van der Waals surface area (Å²) in [5, 5.41) is 21.0. The van der Waals surface area contributed by atoms with Crippen LogP contribution in [0.5, 0.6) is 0 Å². The summed E-state index contributed by atoms with van der Waals surface area (Å²) in [6.07, 6.45) is 0. The first-order valence-corrected chi connectivity index (χ1v) is 1.34. The van der Waals surface area contributed by atoms with Crippen LogP contribution in [0.1, 0.15) is 0 Å². The standard InChI is InChI=1S/3CH4O.BrH.Ti/c3*1-2;;/h3*2H,1H3;1H;. The van der Waals surface area contributed by atoms with Crippen molar-refractivity contribution < 1.29 is 37.0 Å². The zero-order valence-corrected chi connectivity index (χ0v) is 8.52. The molecule has 0 fully saturated rings. The van der Waals surface area contributed by atoms with Crippen molar-refractivity contribution in [1.82, 2.24) is 0 Å². The summed E-state index contributed by atoms with van der Waals surface area (Å²) in [5.74, 6) is 0. The van der Waals surface area contributed by atoms with Crippen LogP contribution in [0, 0.1) is 0 Å². The summed E-state index contributed by atoms with van der Waals surface area (Å²) in [7, 11) is 3.00. The van der Waals surface area contributed by atoms with Crippen molar-refractivity contribution in [2.45, 2.75) is 0 Å². The van der Waals surface area contributed by atoms with Crippen molar-refractivity contribution >= 4 is 17.0 Å². The van der Waals surface area contributed by atoms with Crippen molar-refractivity contribution in [2.75, 3.05) is 21.3 Å². The summed E-state index contributed by atoms with van der Waals surface area (Å²) in [4.78, 5) is 0. The fourth-order valence-electron chi connectivity index (χ4n) is 0. The van der Waals surface area contributed by atoms with Gasteiger partial charge >= 0.3 is 0 Å². The number of rotatable bonds is 0. The second-order valence-electron chi connectivity index (χ2n) is 0. The topological polar surface area (TPSA) is 60.7 Å². The molecule has 0 aromatic heterocycles. The van der Waals surface area contributed by atoms with E-state index in [0.717, 1.165) is 21.3 Å². The van der Waals surface area contributed by atoms with Crippen LogP contribution in [-0.2, 0) is 21.7 Å². The van der Waals surface area contributed by atoms with Gasteiger partial charge in [0.2, 0.25) is 0 Å². The van der Waals surface area contributed by atoms with E-state index in [1.54, 1.807) is 0 Å². The van der Waals surface area contributed by atoms with E-state index in [1.807, 2.05) is 0 Å². The van der Waals surface area contributed by atoms with Crippen LogP contribution in [0.25, 0.3) is 0 Å². The van der Waals surface area contributed by atoms with Gasteiger partial charge in [0.25, 0.3) is 0 Å². The van der Waals surface area contributed by atoms with Gasteiger partial charge in [0.1, 0.15) is 0 Å². The molecular weight excluding hydrogens is 212 g/mol. The first-order chi connectivity index (χ1) is 3.00. The summed E-state index contributed by atoms with van der Waals surface area (Å²) in [6.45, 7) is 0. The van der Waals surface area contributed by atoms with Gasteiger partial charge in [0, 0.05) is 43.0 Å². The molecular formula is C3H13BrO3Ti. The number of halogens is 1. The fraction of sp³-hybridized carbons (Fsp3) is 1.00. The molecule has 0 aromatic rings. The number of hydrogen-bond donors (Lipinski definition) is 3. The molecule has 0 radical (unpaired) electrons. The van der Waals surface area contributed by atoms with Crippen LogP contribution in [0.15, 0.2) is 0 Å². The summed E-state index contributed by atoms with van der Waals surface area (Å²) >= 11 is 0. The minimum Gasteiger partial charge on any atom is -0.400 e. The molecule has 0 spiro atoms. The van der Waals surface area contributed by atoms with Gasteiger partial charge in [-0.25, -0.2) is 0 Å². The molecule has 0 bridgehead atoms. The molecule has 54 valence electrons. The van der Waals surface area contributed by atoms with E-state index >= 15 is 0 Å². The predicted octanol–water partition coefficient (Wildman–Crippen LogP) is -0.599. The van der Waals surface area contributed by atoms with Gasteiger partial charge in [-0.3, -0.25) is 0 Å². The third-order valence-corrected chi connectivity index (χ3v) is 0. The smallest absolute Gasteiger partial charge is 0.0319 e. The van der Waals surface area contributed by atoms with E-state index in [1.165, 1.54) is 0 Å². The average molecular weight is 225 g/mol. The van der Waals surface area contributed by atoms with Crippen LogP contribution in [0.4, 0.5) is 0 Å². The SMILES string of the molecule is Br.CO.CO.CO.[Ti]. The predicted molar refractivity (Wildman–Crippen MR) is 34.8 cm³/mol. The van der Waals surface area contributed by atoms with Gasteiger partial charge in [-0.05, 0) is 0 Å². The van der Waals surface area contributed by atoms with Crippen molar-refractivity contribution in [1.29, 1.82) is 0 Å². The fourth-order valence-corrected chi connectivity index (χ4v) is 0. The third-order valence-electron chi connectivity index (χ3n) is 0. The maximum absolute atomic E-state index is 7.00. The molecule has 5 heteroatoms. The third kappa shape index (κ3) is 226. The molecule has 0 aliphatic heterocycles. The quantitative estimate of drug-likeness (QED) is 0.482. The molecule has 3 nitrogen and oxygen atoms in total. The average Bonchev–Trinajstić information content (AvgIpc) is 1.81. The Bertz CT molecular complexity index is 14.5. The number of aliphatic hydroxyl groups excluding tert-OH is 3. The Hall–Kier alpha value is 1.07. The Morgan fingerprint density at radius 1 is 0.625 bits per heavy atom. The van der Waals surface area contributed by atoms with E-state index in [0.29, 0.717) is 0 Å². The molecule has 8 heavy (non-hydrogen) atoms. The van der Waals surface area contributed by atoms with Gasteiger partial charge in [-0.1, -0.05) is 0 Å². The minimum atomic E-state index is 0. The second kappa shape index (κ2) is 350. The van der Waals surface area contributed by atoms with E-state index < -0.39 is 0 Å². The number of hydrogen-bond acceptors (Lipinski definition) is 3. The second-order valence-corrected chi connectivity index (χ2v) is 0. The summed E-state index contributed by atoms with van der Waals surface area (Å²) in [6, 6.07) is 0. The van der Waals surface area contributed by atoms with Gasteiger partial charge in [0.15, 0.2) is 0 Å². The molecule has 0 aromatic carbocycles. The van der Waals surface area contributed by atoms with Crippen LogP contribution in [0.3, 0.4) is 0 Å². The van der Waals surface area contributed by atoms with Gasteiger partial charge < -0.3 is 15.3 Å². The van der Waals surface area contributed by atoms with Crippen molar-refractivity contribution in [3.05, 3.63) is 0 Å². The molecule has 0 heterocycles. The van der Waals surface area contributed by atoms with E-state index in [9.17, 15) is 0 Å². The zero-order chi connectivity index (χ0) is 6.00. The largest absolute Gasteiger partial charge is 0.400 e. The maximum Gasteiger partial charge on any atom is 0.0319 e. The van der Waals surface area contributed by atoms with Crippen LogP contribution >= 0.6 is 17.0 Å². The van der Waals surface area contributed by atoms with Crippen LogP contribution in [-0.4, -0.2) is 36.6 Å².